The van der Waals surface area contributed by atoms with Gasteiger partial charge in [0.1, 0.15) is 5.82 Å². The van der Waals surface area contributed by atoms with Crippen LogP contribution in [-0.4, -0.2) is 20.1 Å². The number of rotatable bonds is 5. The van der Waals surface area contributed by atoms with E-state index < -0.39 is 0 Å². The number of anilines is 1. The maximum Gasteiger partial charge on any atom is 0.248 e. The van der Waals surface area contributed by atoms with Gasteiger partial charge in [-0.2, -0.15) is 0 Å². The molecule has 120 valence electrons. The van der Waals surface area contributed by atoms with Crippen LogP contribution in [0.4, 0.5) is 10.1 Å². The third-order valence-corrected chi connectivity index (χ3v) is 3.58. The van der Waals surface area contributed by atoms with E-state index in [-0.39, 0.29) is 11.7 Å². The summed E-state index contributed by atoms with van der Waals surface area (Å²) in [6.07, 6.45) is 3.03. The van der Waals surface area contributed by atoms with Crippen LogP contribution in [0.3, 0.4) is 0 Å². The summed E-state index contributed by atoms with van der Waals surface area (Å²) in [6, 6.07) is 9.12. The van der Waals surface area contributed by atoms with Crippen molar-refractivity contribution >= 4 is 33.6 Å². The van der Waals surface area contributed by atoms with Crippen molar-refractivity contribution in [3.05, 3.63) is 58.3 Å². The van der Waals surface area contributed by atoms with Crippen molar-refractivity contribution in [2.45, 2.75) is 0 Å². The molecule has 0 atom stereocenters. The Bertz CT molecular complexity index is 729. The summed E-state index contributed by atoms with van der Waals surface area (Å²) in [5.41, 5.74) is 1.29. The number of hydrogen-bond donors (Lipinski definition) is 1. The molecule has 6 heteroatoms. The third kappa shape index (κ3) is 4.56. The van der Waals surface area contributed by atoms with Crippen molar-refractivity contribution in [2.75, 3.05) is 19.5 Å². The monoisotopic (exact) mass is 379 g/mol. The molecular weight excluding hydrogens is 365 g/mol. The third-order valence-electron chi connectivity index (χ3n) is 2.99. The van der Waals surface area contributed by atoms with Gasteiger partial charge < -0.3 is 14.8 Å². The molecule has 0 fully saturated rings. The lowest BCUT2D eigenvalue weighted by Crippen LogP contribution is -2.07. The highest BCUT2D eigenvalue weighted by atomic mass is 79.9. The summed E-state index contributed by atoms with van der Waals surface area (Å²) in [4.78, 5) is 11.9. The number of ether oxygens (including phenoxy) is 2. The molecule has 0 aliphatic carbocycles. The van der Waals surface area contributed by atoms with Crippen molar-refractivity contribution in [3.8, 4) is 11.5 Å². The van der Waals surface area contributed by atoms with Crippen LogP contribution in [0, 0.1) is 5.82 Å². The lowest BCUT2D eigenvalue weighted by Gasteiger charge is -2.10. The van der Waals surface area contributed by atoms with Crippen LogP contribution < -0.4 is 14.8 Å². The van der Waals surface area contributed by atoms with Crippen LogP contribution in [0.5, 0.6) is 11.5 Å². The van der Waals surface area contributed by atoms with Gasteiger partial charge in [-0.1, -0.05) is 0 Å². The van der Waals surface area contributed by atoms with E-state index >= 15 is 0 Å². The zero-order valence-corrected chi connectivity index (χ0v) is 14.2. The lowest BCUT2D eigenvalue weighted by molar-refractivity contribution is -0.111. The summed E-state index contributed by atoms with van der Waals surface area (Å²) >= 11 is 3.39. The standard InChI is InChI=1S/C17H15BrFNO3/c1-22-15-10-11(9-14(18)17(15)23-2)3-8-16(21)20-13-6-4-12(19)5-7-13/h3-10H,1-2H3,(H,20,21). The van der Waals surface area contributed by atoms with Gasteiger partial charge in [-0.3, -0.25) is 4.79 Å². The molecule has 2 rings (SSSR count). The fourth-order valence-corrected chi connectivity index (χ4v) is 2.54. The van der Waals surface area contributed by atoms with Crippen molar-refractivity contribution in [1.82, 2.24) is 0 Å². The van der Waals surface area contributed by atoms with Crippen LogP contribution in [-0.2, 0) is 4.79 Å². The van der Waals surface area contributed by atoms with Crippen LogP contribution in [0.1, 0.15) is 5.56 Å². The normalized spacial score (nSPS) is 10.6. The van der Waals surface area contributed by atoms with E-state index in [2.05, 4.69) is 21.2 Å². The van der Waals surface area contributed by atoms with E-state index in [9.17, 15) is 9.18 Å². The summed E-state index contributed by atoms with van der Waals surface area (Å²) in [6.45, 7) is 0. The van der Waals surface area contributed by atoms with Crippen molar-refractivity contribution in [3.63, 3.8) is 0 Å². The average Bonchev–Trinajstić information content (AvgIpc) is 2.54. The first-order valence-corrected chi connectivity index (χ1v) is 7.49. The Balaban J connectivity index is 2.11. The molecule has 0 aliphatic rings. The van der Waals surface area contributed by atoms with Gasteiger partial charge in [-0.15, -0.1) is 0 Å². The predicted octanol–water partition coefficient (Wildman–Crippen LogP) is 4.26. The second-order valence-electron chi connectivity index (χ2n) is 4.57. The van der Waals surface area contributed by atoms with Gasteiger partial charge in [-0.05, 0) is 64.0 Å². The smallest absolute Gasteiger partial charge is 0.248 e. The second kappa shape index (κ2) is 7.78. The quantitative estimate of drug-likeness (QED) is 0.789. The minimum atomic E-state index is -0.353. The number of nitrogens with one attached hydrogen (secondary N) is 1. The number of carbonyl (C=O) groups is 1. The Morgan fingerprint density at radius 1 is 1.17 bits per heavy atom. The minimum absolute atomic E-state index is 0.317. The number of amides is 1. The Hall–Kier alpha value is -2.34. The molecular formula is C17H15BrFNO3. The number of benzene rings is 2. The van der Waals surface area contributed by atoms with Crippen molar-refractivity contribution < 1.29 is 18.7 Å². The lowest BCUT2D eigenvalue weighted by atomic mass is 10.2. The highest BCUT2D eigenvalue weighted by Gasteiger charge is 2.09. The molecule has 0 radical (unpaired) electrons. The van der Waals surface area contributed by atoms with Gasteiger partial charge in [-0.25, -0.2) is 4.39 Å². The molecule has 0 aliphatic heterocycles. The van der Waals surface area contributed by atoms with Crippen molar-refractivity contribution in [1.29, 1.82) is 0 Å². The van der Waals surface area contributed by atoms with E-state index in [4.69, 9.17) is 9.47 Å². The maximum absolute atomic E-state index is 12.8. The topological polar surface area (TPSA) is 47.6 Å². The Labute approximate surface area is 142 Å². The zero-order chi connectivity index (χ0) is 16.8. The molecule has 2 aromatic carbocycles. The molecule has 0 saturated heterocycles. The Kier molecular flexibility index (Phi) is 5.76. The molecule has 0 bridgehead atoms. The van der Waals surface area contributed by atoms with E-state index in [1.165, 1.54) is 30.3 Å². The molecule has 4 nitrogen and oxygen atoms in total. The minimum Gasteiger partial charge on any atom is -0.493 e. The summed E-state index contributed by atoms with van der Waals surface area (Å²) < 4.78 is 24.0. The first-order chi connectivity index (χ1) is 11.0. The van der Waals surface area contributed by atoms with Gasteiger partial charge in [0.15, 0.2) is 11.5 Å². The summed E-state index contributed by atoms with van der Waals surface area (Å²) in [5.74, 6) is 0.470. The van der Waals surface area contributed by atoms with Gasteiger partial charge in [0.25, 0.3) is 0 Å². The molecule has 0 unspecified atom stereocenters. The van der Waals surface area contributed by atoms with Gasteiger partial charge >= 0.3 is 0 Å². The average molecular weight is 380 g/mol. The van der Waals surface area contributed by atoms with Crippen molar-refractivity contribution in [2.24, 2.45) is 0 Å². The first-order valence-electron chi connectivity index (χ1n) is 6.69. The fourth-order valence-electron chi connectivity index (χ4n) is 1.92. The van der Waals surface area contributed by atoms with Crippen LogP contribution >= 0.6 is 15.9 Å². The highest BCUT2D eigenvalue weighted by molar-refractivity contribution is 9.10. The molecule has 0 saturated carbocycles. The predicted molar refractivity (Wildman–Crippen MR) is 91.3 cm³/mol. The SMILES string of the molecule is COc1cc(C=CC(=O)Nc2ccc(F)cc2)cc(Br)c1OC. The zero-order valence-electron chi connectivity index (χ0n) is 12.6. The van der Waals surface area contributed by atoms with E-state index in [1.54, 1.807) is 26.4 Å². The molecule has 2 aromatic rings. The second-order valence-corrected chi connectivity index (χ2v) is 5.42. The fraction of sp³-hybridized carbons (Fsp3) is 0.118. The molecule has 23 heavy (non-hydrogen) atoms. The first kappa shape index (κ1) is 17.0. The van der Waals surface area contributed by atoms with E-state index in [1.807, 2.05) is 6.07 Å². The highest BCUT2D eigenvalue weighted by Crippen LogP contribution is 2.36. The van der Waals surface area contributed by atoms with Crippen LogP contribution in [0.2, 0.25) is 0 Å². The molecule has 0 aromatic heterocycles. The van der Waals surface area contributed by atoms with Crippen LogP contribution in [0.25, 0.3) is 6.08 Å². The number of methoxy groups -OCH3 is 2. The van der Waals surface area contributed by atoms with Gasteiger partial charge in [0.05, 0.1) is 18.7 Å². The van der Waals surface area contributed by atoms with Crippen LogP contribution in [0.15, 0.2) is 46.9 Å². The maximum atomic E-state index is 12.8. The number of halogens is 2. The largest absolute Gasteiger partial charge is 0.493 e. The molecule has 0 heterocycles. The summed E-state index contributed by atoms with van der Waals surface area (Å²) in [5, 5.41) is 2.65. The molecule has 1 N–H and O–H groups in total. The number of carbonyl (C=O) groups excluding carboxylic acids is 1. The molecule has 0 spiro atoms. The Morgan fingerprint density at radius 3 is 2.48 bits per heavy atom. The number of hydrogen-bond acceptors (Lipinski definition) is 3. The molecule has 1 amide bonds. The van der Waals surface area contributed by atoms with Gasteiger partial charge in [0.2, 0.25) is 5.91 Å². The van der Waals surface area contributed by atoms with E-state index in [0.29, 0.717) is 17.2 Å². The van der Waals surface area contributed by atoms with Gasteiger partial charge in [0, 0.05) is 11.8 Å². The Morgan fingerprint density at radius 2 is 1.87 bits per heavy atom. The summed E-state index contributed by atoms with van der Waals surface area (Å²) in [7, 11) is 3.09. The van der Waals surface area contributed by atoms with E-state index in [0.717, 1.165) is 10.0 Å².